The van der Waals surface area contributed by atoms with Gasteiger partial charge in [-0.05, 0) is 55.3 Å². The van der Waals surface area contributed by atoms with Crippen molar-refractivity contribution >= 4 is 43.3 Å². The van der Waals surface area contributed by atoms with E-state index in [1.807, 2.05) is 0 Å². The fourth-order valence-electron chi connectivity index (χ4n) is 3.00. The van der Waals surface area contributed by atoms with Crippen molar-refractivity contribution in [2.24, 2.45) is 0 Å². The van der Waals surface area contributed by atoms with Gasteiger partial charge in [-0.3, -0.25) is 4.72 Å². The van der Waals surface area contributed by atoms with Gasteiger partial charge in [-0.15, -0.1) is 0 Å². The Morgan fingerprint density at radius 1 is 0.966 bits per heavy atom. The standard InChI is InChI=1S/C18H19ClN2O6S2/c19-16-9-6-14(12-17(16)29(26,27)21-10-2-1-3-11-21)20-28(24,25)15-7-4-13(5-8-15)18(22)23/h4-9,12,20H,1-3,10-11H2,(H,22,23). The number of nitrogens with zero attached hydrogens (tertiary/aromatic N) is 1. The van der Waals surface area contributed by atoms with Gasteiger partial charge in [0.15, 0.2) is 0 Å². The molecule has 0 atom stereocenters. The number of rotatable bonds is 6. The van der Waals surface area contributed by atoms with Gasteiger partial charge in [0.05, 0.1) is 21.2 Å². The third-order valence-electron chi connectivity index (χ3n) is 4.53. The number of carboxylic acid groups (broad SMARTS) is 1. The number of anilines is 1. The van der Waals surface area contributed by atoms with E-state index < -0.39 is 26.0 Å². The second-order valence-electron chi connectivity index (χ2n) is 6.54. The molecule has 0 amide bonds. The van der Waals surface area contributed by atoms with Crippen molar-refractivity contribution in [2.45, 2.75) is 29.1 Å². The second-order valence-corrected chi connectivity index (χ2v) is 10.5. The van der Waals surface area contributed by atoms with Crippen LogP contribution in [0.2, 0.25) is 5.02 Å². The maximum Gasteiger partial charge on any atom is 0.335 e. The molecule has 1 heterocycles. The van der Waals surface area contributed by atoms with E-state index in [1.165, 1.54) is 34.6 Å². The molecule has 2 aromatic carbocycles. The first kappa shape index (κ1) is 21.6. The van der Waals surface area contributed by atoms with Crippen LogP contribution in [0.3, 0.4) is 0 Å². The van der Waals surface area contributed by atoms with Crippen LogP contribution in [0.5, 0.6) is 0 Å². The number of aromatic carboxylic acids is 1. The van der Waals surface area contributed by atoms with Crippen LogP contribution >= 0.6 is 11.6 Å². The van der Waals surface area contributed by atoms with E-state index >= 15 is 0 Å². The second kappa shape index (κ2) is 8.31. The number of carboxylic acids is 1. The highest BCUT2D eigenvalue weighted by Crippen LogP contribution is 2.30. The molecule has 1 saturated heterocycles. The largest absolute Gasteiger partial charge is 0.478 e. The van der Waals surface area contributed by atoms with Gasteiger partial charge in [-0.25, -0.2) is 21.6 Å². The smallest absolute Gasteiger partial charge is 0.335 e. The predicted octanol–water partition coefficient (Wildman–Crippen LogP) is 3.01. The number of sulfonamides is 2. The van der Waals surface area contributed by atoms with Gasteiger partial charge in [0.2, 0.25) is 10.0 Å². The monoisotopic (exact) mass is 458 g/mol. The van der Waals surface area contributed by atoms with Crippen LogP contribution in [0.15, 0.2) is 52.3 Å². The Hall–Kier alpha value is -2.14. The zero-order valence-electron chi connectivity index (χ0n) is 15.2. The summed E-state index contributed by atoms with van der Waals surface area (Å²) >= 11 is 6.10. The highest BCUT2D eigenvalue weighted by atomic mass is 35.5. The molecule has 0 aliphatic carbocycles. The minimum atomic E-state index is -4.05. The Morgan fingerprint density at radius 3 is 2.17 bits per heavy atom. The SMILES string of the molecule is O=C(O)c1ccc(S(=O)(=O)Nc2ccc(Cl)c(S(=O)(=O)N3CCCCC3)c2)cc1. The van der Waals surface area contributed by atoms with Gasteiger partial charge in [-0.2, -0.15) is 4.31 Å². The van der Waals surface area contributed by atoms with E-state index in [4.69, 9.17) is 16.7 Å². The highest BCUT2D eigenvalue weighted by molar-refractivity contribution is 7.92. The quantitative estimate of drug-likeness (QED) is 0.686. The molecule has 0 saturated carbocycles. The molecule has 0 spiro atoms. The van der Waals surface area contributed by atoms with E-state index in [9.17, 15) is 21.6 Å². The summed E-state index contributed by atoms with van der Waals surface area (Å²) in [6.07, 6.45) is 2.48. The average Bonchev–Trinajstić information content (AvgIpc) is 2.70. The first-order chi connectivity index (χ1) is 13.6. The van der Waals surface area contributed by atoms with Gasteiger partial charge in [0.25, 0.3) is 10.0 Å². The lowest BCUT2D eigenvalue weighted by Crippen LogP contribution is -2.35. The molecule has 11 heteroatoms. The van der Waals surface area contributed by atoms with Crippen LogP contribution in [0.1, 0.15) is 29.6 Å². The number of halogens is 1. The Labute approximate surface area is 174 Å². The Balaban J connectivity index is 1.90. The Bertz CT molecular complexity index is 1130. The maximum absolute atomic E-state index is 12.9. The minimum absolute atomic E-state index is 0.00401. The molecule has 0 aromatic heterocycles. The molecule has 1 aliphatic rings. The lowest BCUT2D eigenvalue weighted by molar-refractivity contribution is 0.0696. The molecule has 2 N–H and O–H groups in total. The van der Waals surface area contributed by atoms with Crippen LogP contribution in [-0.2, 0) is 20.0 Å². The zero-order valence-corrected chi connectivity index (χ0v) is 17.6. The predicted molar refractivity (Wildman–Crippen MR) is 108 cm³/mol. The molecule has 1 aliphatic heterocycles. The van der Waals surface area contributed by atoms with Crippen molar-refractivity contribution in [3.63, 3.8) is 0 Å². The lowest BCUT2D eigenvalue weighted by atomic mass is 10.2. The summed E-state index contributed by atoms with van der Waals surface area (Å²) < 4.78 is 54.6. The van der Waals surface area contributed by atoms with E-state index in [-0.39, 0.29) is 26.1 Å². The molecule has 156 valence electrons. The molecule has 8 nitrogen and oxygen atoms in total. The number of piperidine rings is 1. The van der Waals surface area contributed by atoms with Crippen LogP contribution < -0.4 is 4.72 Å². The molecule has 0 bridgehead atoms. The maximum atomic E-state index is 12.9. The zero-order chi connectivity index (χ0) is 21.2. The van der Waals surface area contributed by atoms with E-state index in [1.54, 1.807) is 0 Å². The summed E-state index contributed by atoms with van der Waals surface area (Å²) in [6, 6.07) is 8.54. The third kappa shape index (κ3) is 4.72. The topological polar surface area (TPSA) is 121 Å². The van der Waals surface area contributed by atoms with Crippen LogP contribution in [0.4, 0.5) is 5.69 Å². The van der Waals surface area contributed by atoms with Crippen LogP contribution in [0, 0.1) is 0 Å². The molecule has 29 heavy (non-hydrogen) atoms. The van der Waals surface area contributed by atoms with Crippen LogP contribution in [-0.4, -0.2) is 45.3 Å². The number of hydrogen-bond acceptors (Lipinski definition) is 5. The normalized spacial score (nSPS) is 15.8. The minimum Gasteiger partial charge on any atom is -0.478 e. The molecular formula is C18H19ClN2O6S2. The lowest BCUT2D eigenvalue weighted by Gasteiger charge is -2.26. The van der Waals surface area contributed by atoms with Crippen molar-refractivity contribution in [1.82, 2.24) is 4.31 Å². The molecule has 0 radical (unpaired) electrons. The van der Waals surface area contributed by atoms with Crippen molar-refractivity contribution in [3.05, 3.63) is 53.1 Å². The van der Waals surface area contributed by atoms with Gasteiger partial charge in [0, 0.05) is 13.1 Å². The Morgan fingerprint density at radius 2 is 1.59 bits per heavy atom. The van der Waals surface area contributed by atoms with Gasteiger partial charge >= 0.3 is 5.97 Å². The van der Waals surface area contributed by atoms with E-state index in [0.29, 0.717) is 13.1 Å². The Kier molecular flexibility index (Phi) is 6.18. The summed E-state index contributed by atoms with van der Waals surface area (Å²) in [5.41, 5.74) is -0.0161. The van der Waals surface area contributed by atoms with Gasteiger partial charge in [-0.1, -0.05) is 18.0 Å². The summed E-state index contributed by atoms with van der Waals surface area (Å²) in [5, 5.41) is 8.92. The molecule has 0 unspecified atom stereocenters. The first-order valence-electron chi connectivity index (χ1n) is 8.77. The van der Waals surface area contributed by atoms with Crippen molar-refractivity contribution in [2.75, 3.05) is 17.8 Å². The third-order valence-corrected chi connectivity index (χ3v) is 8.31. The number of hydrogen-bond donors (Lipinski definition) is 2. The van der Waals surface area contributed by atoms with Gasteiger partial charge in [0.1, 0.15) is 4.90 Å². The van der Waals surface area contributed by atoms with Crippen LogP contribution in [0.25, 0.3) is 0 Å². The number of carbonyl (C=O) groups is 1. The summed E-state index contributed by atoms with van der Waals surface area (Å²) in [6.45, 7) is 0.787. The van der Waals surface area contributed by atoms with Crippen molar-refractivity contribution in [1.29, 1.82) is 0 Å². The fourth-order valence-corrected chi connectivity index (χ4v) is 6.07. The fraction of sp³-hybridized carbons (Fsp3) is 0.278. The molecule has 2 aromatic rings. The molecule has 1 fully saturated rings. The van der Waals surface area contributed by atoms with Crippen molar-refractivity contribution in [3.8, 4) is 0 Å². The van der Waals surface area contributed by atoms with Crippen molar-refractivity contribution < 1.29 is 26.7 Å². The van der Waals surface area contributed by atoms with Gasteiger partial charge < -0.3 is 5.11 Å². The highest BCUT2D eigenvalue weighted by Gasteiger charge is 2.28. The number of benzene rings is 2. The average molecular weight is 459 g/mol. The summed E-state index contributed by atoms with van der Waals surface area (Å²) in [7, 11) is -7.90. The molecule has 3 rings (SSSR count). The summed E-state index contributed by atoms with van der Waals surface area (Å²) in [5.74, 6) is -1.17. The summed E-state index contributed by atoms with van der Waals surface area (Å²) in [4.78, 5) is 10.6. The van der Waals surface area contributed by atoms with E-state index in [0.717, 1.165) is 31.4 Å². The molecular weight excluding hydrogens is 440 g/mol. The number of nitrogens with one attached hydrogen (secondary N) is 1. The first-order valence-corrected chi connectivity index (χ1v) is 12.1. The van der Waals surface area contributed by atoms with E-state index in [2.05, 4.69) is 4.72 Å².